The molecule has 0 radical (unpaired) electrons. The van der Waals surface area contributed by atoms with E-state index in [-0.39, 0.29) is 0 Å². The van der Waals surface area contributed by atoms with Crippen LogP contribution in [0.2, 0.25) is 0 Å². The second-order valence-electron chi connectivity index (χ2n) is 5.07. The largest absolute Gasteiger partial charge is 0.480 e. The number of sulfonamides is 1. The van der Waals surface area contributed by atoms with Crippen molar-refractivity contribution in [3.63, 3.8) is 0 Å². The molecule has 1 saturated heterocycles. The van der Waals surface area contributed by atoms with E-state index in [4.69, 9.17) is 5.11 Å². The Morgan fingerprint density at radius 3 is 2.22 bits per heavy atom. The van der Waals surface area contributed by atoms with E-state index in [1.807, 2.05) is 0 Å². The Hall–Kier alpha value is -0.660. The molecule has 0 aromatic heterocycles. The molecule has 1 rings (SSSR count). The first-order chi connectivity index (χ1) is 8.31. The van der Waals surface area contributed by atoms with E-state index in [1.54, 1.807) is 0 Å². The molecule has 0 aliphatic carbocycles. The molecule has 1 fully saturated rings. The average Bonchev–Trinajstić information content (AvgIpc) is 2.25. The minimum absolute atomic E-state index is 0.397. The van der Waals surface area contributed by atoms with Gasteiger partial charge in [0.2, 0.25) is 10.0 Å². The molecule has 6 nitrogen and oxygen atoms in total. The zero-order valence-electron chi connectivity index (χ0n) is 11.0. The Labute approximate surface area is 109 Å². The van der Waals surface area contributed by atoms with Crippen LogP contribution in [0.15, 0.2) is 0 Å². The highest BCUT2D eigenvalue weighted by Gasteiger charge is 2.28. The molecule has 0 aromatic rings. The molecule has 1 N–H and O–H groups in total. The minimum atomic E-state index is -3.63. The van der Waals surface area contributed by atoms with Crippen LogP contribution in [0.25, 0.3) is 0 Å². The van der Waals surface area contributed by atoms with E-state index in [1.165, 1.54) is 4.31 Å². The summed E-state index contributed by atoms with van der Waals surface area (Å²) in [6.45, 7) is 7.46. The summed E-state index contributed by atoms with van der Waals surface area (Å²) >= 11 is 0. The van der Waals surface area contributed by atoms with Gasteiger partial charge in [0, 0.05) is 26.2 Å². The molecule has 0 atom stereocenters. The maximum atomic E-state index is 11.7. The summed E-state index contributed by atoms with van der Waals surface area (Å²) in [6.07, 6.45) is 1.10. The van der Waals surface area contributed by atoms with Gasteiger partial charge < -0.3 is 10.0 Å². The molecule has 0 spiro atoms. The highest BCUT2D eigenvalue weighted by molar-refractivity contribution is 7.89. The Morgan fingerprint density at radius 1 is 1.22 bits per heavy atom. The number of carbonyl (C=O) groups is 1. The summed E-state index contributed by atoms with van der Waals surface area (Å²) in [5.41, 5.74) is 0. The fraction of sp³-hybridized carbons (Fsp3) is 0.909. The standard InChI is InChI=1S/C11H22N2O4S/c1-10(2)3-4-12-5-7-13(8-6-12)18(16,17)9-11(14)15/h10H,3-9H2,1-2H3,(H,14,15). The molecule has 0 amide bonds. The van der Waals surface area contributed by atoms with Crippen LogP contribution < -0.4 is 0 Å². The van der Waals surface area contributed by atoms with E-state index in [2.05, 4.69) is 18.7 Å². The molecule has 0 bridgehead atoms. The van der Waals surface area contributed by atoms with Crippen molar-refractivity contribution >= 4 is 16.0 Å². The molecule has 1 heterocycles. The lowest BCUT2D eigenvalue weighted by atomic mass is 10.1. The lowest BCUT2D eigenvalue weighted by Gasteiger charge is -2.33. The number of carboxylic acids is 1. The van der Waals surface area contributed by atoms with Crippen LogP contribution >= 0.6 is 0 Å². The highest BCUT2D eigenvalue weighted by atomic mass is 32.2. The molecule has 1 aliphatic heterocycles. The third kappa shape index (κ3) is 4.91. The average molecular weight is 278 g/mol. The number of rotatable bonds is 6. The van der Waals surface area contributed by atoms with Crippen LogP contribution in [0.4, 0.5) is 0 Å². The number of aliphatic carboxylic acids is 1. The molecule has 7 heteroatoms. The number of piperazine rings is 1. The predicted octanol–water partition coefficient (Wildman–Crippen LogP) is 0.0645. The number of hydrogen-bond acceptors (Lipinski definition) is 4. The molecule has 18 heavy (non-hydrogen) atoms. The monoisotopic (exact) mass is 278 g/mol. The fourth-order valence-electron chi connectivity index (χ4n) is 1.92. The Balaban J connectivity index is 2.41. The van der Waals surface area contributed by atoms with Gasteiger partial charge in [0.05, 0.1) is 0 Å². The van der Waals surface area contributed by atoms with Gasteiger partial charge >= 0.3 is 5.97 Å². The van der Waals surface area contributed by atoms with Crippen molar-refractivity contribution in [2.75, 3.05) is 38.5 Å². The van der Waals surface area contributed by atoms with Gasteiger partial charge in [-0.3, -0.25) is 4.79 Å². The lowest BCUT2D eigenvalue weighted by molar-refractivity contribution is -0.134. The van der Waals surface area contributed by atoms with Gasteiger partial charge in [-0.25, -0.2) is 8.42 Å². The van der Waals surface area contributed by atoms with Gasteiger partial charge in [0.25, 0.3) is 0 Å². The van der Waals surface area contributed by atoms with Crippen LogP contribution in [0.3, 0.4) is 0 Å². The van der Waals surface area contributed by atoms with Gasteiger partial charge in [-0.1, -0.05) is 13.8 Å². The molecule has 0 aromatic carbocycles. The Kier molecular flexibility index (Phi) is 5.55. The van der Waals surface area contributed by atoms with Crippen molar-refractivity contribution < 1.29 is 18.3 Å². The van der Waals surface area contributed by atoms with Crippen LogP contribution in [0.5, 0.6) is 0 Å². The summed E-state index contributed by atoms with van der Waals surface area (Å²) < 4.78 is 24.7. The van der Waals surface area contributed by atoms with E-state index in [9.17, 15) is 13.2 Å². The summed E-state index contributed by atoms with van der Waals surface area (Å²) in [4.78, 5) is 12.7. The highest BCUT2D eigenvalue weighted by Crippen LogP contribution is 2.10. The third-order valence-electron chi connectivity index (χ3n) is 3.05. The molecule has 0 unspecified atom stereocenters. The van der Waals surface area contributed by atoms with Gasteiger partial charge in [0.1, 0.15) is 0 Å². The van der Waals surface area contributed by atoms with Crippen LogP contribution in [-0.2, 0) is 14.8 Å². The van der Waals surface area contributed by atoms with Crippen molar-refractivity contribution in [2.45, 2.75) is 20.3 Å². The predicted molar refractivity (Wildman–Crippen MR) is 68.9 cm³/mol. The van der Waals surface area contributed by atoms with Crippen molar-refractivity contribution in [3.05, 3.63) is 0 Å². The number of carboxylic acid groups (broad SMARTS) is 1. The van der Waals surface area contributed by atoms with E-state index < -0.39 is 21.7 Å². The van der Waals surface area contributed by atoms with Gasteiger partial charge in [-0.2, -0.15) is 4.31 Å². The topological polar surface area (TPSA) is 77.9 Å². The van der Waals surface area contributed by atoms with E-state index in [0.717, 1.165) is 13.0 Å². The molecular weight excluding hydrogens is 256 g/mol. The molecule has 106 valence electrons. The van der Waals surface area contributed by atoms with Crippen LogP contribution in [0, 0.1) is 5.92 Å². The number of hydrogen-bond donors (Lipinski definition) is 1. The normalized spacial score (nSPS) is 19.3. The Morgan fingerprint density at radius 2 is 1.78 bits per heavy atom. The summed E-state index contributed by atoms with van der Waals surface area (Å²) in [5, 5.41) is 8.56. The minimum Gasteiger partial charge on any atom is -0.480 e. The van der Waals surface area contributed by atoms with Gasteiger partial charge in [-0.05, 0) is 18.9 Å². The van der Waals surface area contributed by atoms with Crippen molar-refractivity contribution in [1.82, 2.24) is 9.21 Å². The summed E-state index contributed by atoms with van der Waals surface area (Å²) in [5.74, 6) is -1.46. The summed E-state index contributed by atoms with van der Waals surface area (Å²) in [6, 6.07) is 0. The zero-order chi connectivity index (χ0) is 13.8. The Bertz CT molecular complexity index is 373. The molecular formula is C11H22N2O4S. The van der Waals surface area contributed by atoms with Crippen LogP contribution in [0.1, 0.15) is 20.3 Å². The second kappa shape index (κ2) is 6.49. The first-order valence-corrected chi connectivity index (χ1v) is 7.84. The van der Waals surface area contributed by atoms with Crippen molar-refractivity contribution in [2.24, 2.45) is 5.92 Å². The third-order valence-corrected chi connectivity index (χ3v) is 4.82. The van der Waals surface area contributed by atoms with E-state index >= 15 is 0 Å². The maximum Gasteiger partial charge on any atom is 0.320 e. The zero-order valence-corrected chi connectivity index (χ0v) is 11.8. The summed E-state index contributed by atoms with van der Waals surface area (Å²) in [7, 11) is -3.63. The first-order valence-electron chi connectivity index (χ1n) is 6.23. The quantitative estimate of drug-likeness (QED) is 0.743. The van der Waals surface area contributed by atoms with E-state index in [0.29, 0.717) is 32.1 Å². The maximum absolute atomic E-state index is 11.7. The van der Waals surface area contributed by atoms with Gasteiger partial charge in [-0.15, -0.1) is 0 Å². The first kappa shape index (κ1) is 15.4. The second-order valence-corrected chi connectivity index (χ2v) is 7.04. The van der Waals surface area contributed by atoms with Crippen LogP contribution in [-0.4, -0.2) is 67.2 Å². The van der Waals surface area contributed by atoms with Crippen molar-refractivity contribution in [3.8, 4) is 0 Å². The van der Waals surface area contributed by atoms with Gasteiger partial charge in [0.15, 0.2) is 5.75 Å². The lowest BCUT2D eigenvalue weighted by Crippen LogP contribution is -2.50. The van der Waals surface area contributed by atoms with Crippen molar-refractivity contribution in [1.29, 1.82) is 0 Å². The molecule has 0 saturated carbocycles. The number of nitrogens with zero attached hydrogens (tertiary/aromatic N) is 2. The SMILES string of the molecule is CC(C)CCN1CCN(S(=O)(=O)CC(=O)O)CC1. The smallest absolute Gasteiger partial charge is 0.320 e. The molecule has 1 aliphatic rings. The fourth-order valence-corrected chi connectivity index (χ4v) is 3.13.